The van der Waals surface area contributed by atoms with Crippen LogP contribution in [0, 0.1) is 0 Å². The first-order valence-corrected chi connectivity index (χ1v) is 6.65. The molecule has 17 heavy (non-hydrogen) atoms. The topological polar surface area (TPSA) is 63.0 Å². The molecule has 2 atom stereocenters. The molecular weight excluding hydrogens is 216 g/mol. The number of hydrogen-bond donors (Lipinski definition) is 2. The molecule has 5 nitrogen and oxygen atoms in total. The van der Waals surface area contributed by atoms with Crippen LogP contribution in [-0.4, -0.2) is 39.1 Å². The minimum Gasteiger partial charge on any atom is -0.394 e. The minimum atomic E-state index is 0.199. The number of nitrogens with zero attached hydrogens (tertiary/aromatic N) is 3. The third kappa shape index (κ3) is 2.09. The van der Waals surface area contributed by atoms with Gasteiger partial charge in [0.25, 0.3) is 0 Å². The van der Waals surface area contributed by atoms with Gasteiger partial charge in [-0.1, -0.05) is 0 Å². The zero-order chi connectivity index (χ0) is 11.7. The van der Waals surface area contributed by atoms with Gasteiger partial charge in [-0.2, -0.15) is 0 Å². The fourth-order valence-corrected chi connectivity index (χ4v) is 3.04. The molecular formula is C12H20N4O. The summed E-state index contributed by atoms with van der Waals surface area (Å²) in [5.41, 5.74) is 0. The van der Waals surface area contributed by atoms with Gasteiger partial charge in [0, 0.05) is 18.9 Å². The van der Waals surface area contributed by atoms with Crippen molar-refractivity contribution < 1.29 is 5.11 Å². The molecule has 0 spiro atoms. The molecule has 2 unspecified atom stereocenters. The Morgan fingerprint density at radius 3 is 3.00 bits per heavy atom. The molecule has 1 aromatic heterocycles. The zero-order valence-corrected chi connectivity index (χ0v) is 10.1. The van der Waals surface area contributed by atoms with Crippen molar-refractivity contribution in [1.29, 1.82) is 0 Å². The number of fused-ring (bicyclic) bond motifs is 1. The van der Waals surface area contributed by atoms with Gasteiger partial charge < -0.3 is 15.0 Å². The molecule has 1 aromatic rings. The molecule has 5 heteroatoms. The molecule has 0 aliphatic carbocycles. The normalized spacial score (nSPS) is 28.3. The second-order valence-electron chi connectivity index (χ2n) is 5.13. The van der Waals surface area contributed by atoms with Crippen LogP contribution in [0.3, 0.4) is 0 Å². The molecule has 3 heterocycles. The maximum absolute atomic E-state index is 9.45. The standard InChI is InChI=1S/C12H20N4O/c17-8-10-4-1-5-11-14-15-12(16(10)11)7-9-3-2-6-13-9/h9-10,13,17H,1-8H2. The number of rotatable bonds is 3. The average Bonchev–Trinajstić information content (AvgIpc) is 2.99. The maximum atomic E-state index is 9.45. The SMILES string of the molecule is OCC1CCCc2nnc(CC3CCCN3)n21. The molecule has 2 N–H and O–H groups in total. The molecule has 1 fully saturated rings. The van der Waals surface area contributed by atoms with E-state index in [2.05, 4.69) is 20.1 Å². The minimum absolute atomic E-state index is 0.199. The molecule has 0 saturated carbocycles. The number of aliphatic hydroxyl groups is 1. The molecule has 3 rings (SSSR count). The van der Waals surface area contributed by atoms with E-state index in [1.165, 1.54) is 12.8 Å². The zero-order valence-electron chi connectivity index (χ0n) is 10.1. The van der Waals surface area contributed by atoms with Crippen molar-refractivity contribution in [3.05, 3.63) is 11.6 Å². The summed E-state index contributed by atoms with van der Waals surface area (Å²) in [4.78, 5) is 0. The van der Waals surface area contributed by atoms with Gasteiger partial charge in [-0.15, -0.1) is 10.2 Å². The quantitative estimate of drug-likeness (QED) is 0.799. The highest BCUT2D eigenvalue weighted by Crippen LogP contribution is 2.25. The summed E-state index contributed by atoms with van der Waals surface area (Å²) >= 11 is 0. The number of aromatic nitrogens is 3. The summed E-state index contributed by atoms with van der Waals surface area (Å²) in [6.07, 6.45) is 6.60. The van der Waals surface area contributed by atoms with Crippen LogP contribution in [0.4, 0.5) is 0 Å². The Hall–Kier alpha value is -0.940. The lowest BCUT2D eigenvalue weighted by Crippen LogP contribution is -2.28. The molecule has 2 aliphatic heterocycles. The van der Waals surface area contributed by atoms with Crippen molar-refractivity contribution in [1.82, 2.24) is 20.1 Å². The van der Waals surface area contributed by atoms with Crippen LogP contribution in [0.5, 0.6) is 0 Å². The lowest BCUT2D eigenvalue weighted by atomic mass is 10.0. The first-order valence-electron chi connectivity index (χ1n) is 6.65. The van der Waals surface area contributed by atoms with Crippen molar-refractivity contribution in [2.45, 2.75) is 50.6 Å². The number of hydrogen-bond acceptors (Lipinski definition) is 4. The van der Waals surface area contributed by atoms with Crippen LogP contribution in [0.1, 0.15) is 43.4 Å². The van der Waals surface area contributed by atoms with Gasteiger partial charge >= 0.3 is 0 Å². The van der Waals surface area contributed by atoms with Crippen LogP contribution in [0.15, 0.2) is 0 Å². The molecule has 0 bridgehead atoms. The van der Waals surface area contributed by atoms with Gasteiger partial charge in [0.05, 0.1) is 12.6 Å². The van der Waals surface area contributed by atoms with Gasteiger partial charge in [0.15, 0.2) is 0 Å². The van der Waals surface area contributed by atoms with Crippen LogP contribution < -0.4 is 5.32 Å². The summed E-state index contributed by atoms with van der Waals surface area (Å²) in [6.45, 7) is 1.32. The van der Waals surface area contributed by atoms with Crippen LogP contribution >= 0.6 is 0 Å². The number of aryl methyl sites for hydroxylation is 1. The predicted molar refractivity (Wildman–Crippen MR) is 63.8 cm³/mol. The Morgan fingerprint density at radius 1 is 1.29 bits per heavy atom. The second kappa shape index (κ2) is 4.74. The van der Waals surface area contributed by atoms with Crippen LogP contribution in [-0.2, 0) is 12.8 Å². The highest BCUT2D eigenvalue weighted by Gasteiger charge is 2.26. The number of aliphatic hydroxyl groups excluding tert-OH is 1. The summed E-state index contributed by atoms with van der Waals surface area (Å²) in [7, 11) is 0. The van der Waals surface area contributed by atoms with Gasteiger partial charge in [-0.3, -0.25) is 0 Å². The summed E-state index contributed by atoms with van der Waals surface area (Å²) in [5.74, 6) is 2.11. The molecule has 0 radical (unpaired) electrons. The Kier molecular flexibility index (Phi) is 3.11. The van der Waals surface area contributed by atoms with E-state index in [1.807, 2.05) is 0 Å². The van der Waals surface area contributed by atoms with Crippen molar-refractivity contribution in [3.8, 4) is 0 Å². The third-order valence-corrected chi connectivity index (χ3v) is 3.94. The third-order valence-electron chi connectivity index (χ3n) is 3.94. The molecule has 0 amide bonds. The van der Waals surface area contributed by atoms with E-state index in [4.69, 9.17) is 0 Å². The Bertz CT molecular complexity index is 384. The lowest BCUT2D eigenvalue weighted by Gasteiger charge is -2.25. The Balaban J connectivity index is 1.82. The smallest absolute Gasteiger partial charge is 0.134 e. The summed E-state index contributed by atoms with van der Waals surface area (Å²) < 4.78 is 2.18. The largest absolute Gasteiger partial charge is 0.394 e. The summed E-state index contributed by atoms with van der Waals surface area (Å²) in [5, 5.41) is 21.5. The highest BCUT2D eigenvalue weighted by atomic mass is 16.3. The van der Waals surface area contributed by atoms with Crippen molar-refractivity contribution in [2.75, 3.05) is 13.2 Å². The molecule has 1 saturated heterocycles. The van der Waals surface area contributed by atoms with E-state index in [0.29, 0.717) is 6.04 Å². The van der Waals surface area contributed by atoms with Crippen LogP contribution in [0.2, 0.25) is 0 Å². The highest BCUT2D eigenvalue weighted by molar-refractivity contribution is 5.04. The Morgan fingerprint density at radius 2 is 2.24 bits per heavy atom. The van der Waals surface area contributed by atoms with Crippen LogP contribution in [0.25, 0.3) is 0 Å². The average molecular weight is 236 g/mol. The van der Waals surface area contributed by atoms with Crippen molar-refractivity contribution in [2.24, 2.45) is 0 Å². The van der Waals surface area contributed by atoms with E-state index in [1.54, 1.807) is 0 Å². The first kappa shape index (κ1) is 11.2. The van der Waals surface area contributed by atoms with E-state index in [9.17, 15) is 5.11 Å². The molecule has 2 aliphatic rings. The van der Waals surface area contributed by atoms with E-state index < -0.39 is 0 Å². The van der Waals surface area contributed by atoms with E-state index >= 15 is 0 Å². The van der Waals surface area contributed by atoms with Gasteiger partial charge in [-0.25, -0.2) is 0 Å². The van der Waals surface area contributed by atoms with Gasteiger partial charge in [-0.05, 0) is 32.2 Å². The van der Waals surface area contributed by atoms with Crippen molar-refractivity contribution in [3.63, 3.8) is 0 Å². The fraction of sp³-hybridized carbons (Fsp3) is 0.833. The maximum Gasteiger partial charge on any atom is 0.134 e. The predicted octanol–water partition coefficient (Wildman–Crippen LogP) is 0.442. The van der Waals surface area contributed by atoms with E-state index in [-0.39, 0.29) is 12.6 Å². The van der Waals surface area contributed by atoms with Gasteiger partial charge in [0.2, 0.25) is 0 Å². The fourth-order valence-electron chi connectivity index (χ4n) is 3.04. The molecule has 0 aromatic carbocycles. The van der Waals surface area contributed by atoms with E-state index in [0.717, 1.165) is 43.9 Å². The lowest BCUT2D eigenvalue weighted by molar-refractivity contribution is 0.203. The number of nitrogens with one attached hydrogen (secondary N) is 1. The van der Waals surface area contributed by atoms with Gasteiger partial charge in [0.1, 0.15) is 11.6 Å². The monoisotopic (exact) mass is 236 g/mol. The second-order valence-corrected chi connectivity index (χ2v) is 5.13. The summed E-state index contributed by atoms with van der Waals surface area (Å²) in [6, 6.07) is 0.745. The molecule has 94 valence electrons. The Labute approximate surface area is 101 Å². The van der Waals surface area contributed by atoms with Crippen molar-refractivity contribution >= 4 is 0 Å². The first-order chi connectivity index (χ1) is 8.38.